The maximum absolute atomic E-state index is 11.8. The molecule has 2 aliphatic heterocycles. The van der Waals surface area contributed by atoms with Crippen molar-refractivity contribution in [3.8, 4) is 0 Å². The molecule has 3 atom stereocenters. The first-order valence-corrected chi connectivity index (χ1v) is 9.06. The van der Waals surface area contributed by atoms with E-state index in [2.05, 4.69) is 22.1 Å². The van der Waals surface area contributed by atoms with Crippen LogP contribution in [0.2, 0.25) is 0 Å². The van der Waals surface area contributed by atoms with Gasteiger partial charge in [0.15, 0.2) is 0 Å². The number of ether oxygens (including phenoxy) is 2. The molecular formula is C16H25N3O3S. The van der Waals surface area contributed by atoms with Gasteiger partial charge in [-0.25, -0.2) is 4.98 Å². The molecule has 2 fully saturated rings. The van der Waals surface area contributed by atoms with Crippen LogP contribution in [0.4, 0.5) is 0 Å². The average molecular weight is 339 g/mol. The minimum atomic E-state index is 0.0594. The molecule has 1 aromatic heterocycles. The van der Waals surface area contributed by atoms with E-state index in [0.717, 1.165) is 31.7 Å². The summed E-state index contributed by atoms with van der Waals surface area (Å²) in [5, 5.41) is 2.86. The molecule has 0 bridgehead atoms. The van der Waals surface area contributed by atoms with Crippen LogP contribution in [0.15, 0.2) is 5.51 Å². The van der Waals surface area contributed by atoms with Gasteiger partial charge in [-0.1, -0.05) is 0 Å². The topological polar surface area (TPSA) is 63.7 Å². The Kier molecular flexibility index (Phi) is 5.63. The van der Waals surface area contributed by atoms with Crippen molar-refractivity contribution >= 4 is 17.2 Å². The Morgan fingerprint density at radius 1 is 1.57 bits per heavy atom. The van der Waals surface area contributed by atoms with E-state index in [1.807, 2.05) is 5.51 Å². The number of amides is 1. The van der Waals surface area contributed by atoms with Gasteiger partial charge in [0.25, 0.3) is 0 Å². The fourth-order valence-corrected chi connectivity index (χ4v) is 4.28. The second kappa shape index (κ2) is 7.70. The summed E-state index contributed by atoms with van der Waals surface area (Å²) in [5.74, 6) is 0.615. The van der Waals surface area contributed by atoms with Gasteiger partial charge in [0.1, 0.15) is 0 Å². The van der Waals surface area contributed by atoms with Crippen molar-refractivity contribution in [3.05, 3.63) is 16.1 Å². The van der Waals surface area contributed by atoms with Gasteiger partial charge in [-0.3, -0.25) is 9.69 Å². The van der Waals surface area contributed by atoms with Crippen LogP contribution in [0.3, 0.4) is 0 Å². The molecular weight excluding hydrogens is 314 g/mol. The minimum absolute atomic E-state index is 0.0594. The molecule has 0 aliphatic carbocycles. The number of hydrogen-bond acceptors (Lipinski definition) is 6. The first-order chi connectivity index (χ1) is 11.2. The second-order valence-corrected chi connectivity index (χ2v) is 7.33. The van der Waals surface area contributed by atoms with Crippen molar-refractivity contribution in [2.75, 3.05) is 33.4 Å². The number of carbonyl (C=O) groups is 1. The number of nitrogens with zero attached hydrogens (tertiary/aromatic N) is 2. The number of aromatic nitrogens is 1. The van der Waals surface area contributed by atoms with E-state index < -0.39 is 0 Å². The standard InChI is InChI=1S/C16H25N3O3S/c1-11-15(23-10-18-11)9-19-7-12-5-13(22-14(12)8-19)6-16(20)17-3-4-21-2/h10,12-14H,3-9H2,1-2H3,(H,17,20)/t12-,13-,14+/m0/s1. The molecule has 6 nitrogen and oxygen atoms in total. The molecule has 1 N–H and O–H groups in total. The highest BCUT2D eigenvalue weighted by Gasteiger charge is 2.42. The smallest absolute Gasteiger partial charge is 0.222 e. The molecule has 0 aromatic carbocycles. The Balaban J connectivity index is 1.41. The molecule has 0 unspecified atom stereocenters. The number of hydrogen-bond donors (Lipinski definition) is 1. The number of nitrogens with one attached hydrogen (secondary N) is 1. The van der Waals surface area contributed by atoms with Crippen molar-refractivity contribution in [1.29, 1.82) is 0 Å². The van der Waals surface area contributed by atoms with Gasteiger partial charge in [-0.2, -0.15) is 0 Å². The Bertz CT molecular complexity index is 522. The maximum Gasteiger partial charge on any atom is 0.222 e. The Morgan fingerprint density at radius 3 is 3.13 bits per heavy atom. The van der Waals surface area contributed by atoms with Crippen LogP contribution in [-0.4, -0.2) is 61.3 Å². The molecule has 7 heteroatoms. The first-order valence-electron chi connectivity index (χ1n) is 8.18. The zero-order valence-electron chi connectivity index (χ0n) is 13.8. The fourth-order valence-electron chi connectivity index (χ4n) is 3.46. The molecule has 3 rings (SSSR count). The Hall–Kier alpha value is -1.02. The number of aryl methyl sites for hydroxylation is 1. The third-order valence-electron chi connectivity index (χ3n) is 4.64. The minimum Gasteiger partial charge on any atom is -0.383 e. The Morgan fingerprint density at radius 2 is 2.43 bits per heavy atom. The first kappa shape index (κ1) is 16.8. The highest BCUT2D eigenvalue weighted by Crippen LogP contribution is 2.35. The molecule has 0 spiro atoms. The zero-order valence-corrected chi connectivity index (χ0v) is 14.6. The van der Waals surface area contributed by atoms with Gasteiger partial charge >= 0.3 is 0 Å². The van der Waals surface area contributed by atoms with Crippen molar-refractivity contribution in [3.63, 3.8) is 0 Å². The van der Waals surface area contributed by atoms with Gasteiger partial charge in [-0.15, -0.1) is 11.3 Å². The predicted octanol–water partition coefficient (Wildman–Crippen LogP) is 1.19. The van der Waals surface area contributed by atoms with Crippen LogP contribution < -0.4 is 5.32 Å². The normalized spacial score (nSPS) is 27.3. The van der Waals surface area contributed by atoms with Crippen LogP contribution in [0, 0.1) is 12.8 Å². The SMILES string of the molecule is COCCNC(=O)C[C@@H]1C[C@H]2CN(Cc3scnc3C)C[C@H]2O1. The van der Waals surface area contributed by atoms with Gasteiger partial charge < -0.3 is 14.8 Å². The van der Waals surface area contributed by atoms with Crippen molar-refractivity contribution < 1.29 is 14.3 Å². The summed E-state index contributed by atoms with van der Waals surface area (Å²) in [5.41, 5.74) is 3.05. The van der Waals surface area contributed by atoms with Gasteiger partial charge in [0, 0.05) is 44.1 Å². The van der Waals surface area contributed by atoms with E-state index in [1.165, 1.54) is 4.88 Å². The number of rotatable bonds is 7. The Labute approximate surface area is 141 Å². The molecule has 2 saturated heterocycles. The third-order valence-corrected chi connectivity index (χ3v) is 5.56. The van der Waals surface area contributed by atoms with E-state index in [4.69, 9.17) is 9.47 Å². The molecule has 2 aliphatic rings. The largest absolute Gasteiger partial charge is 0.383 e. The summed E-state index contributed by atoms with van der Waals surface area (Å²) in [7, 11) is 1.63. The average Bonchev–Trinajstić information content (AvgIpc) is 3.15. The van der Waals surface area contributed by atoms with E-state index in [0.29, 0.717) is 25.5 Å². The van der Waals surface area contributed by atoms with Crippen LogP contribution in [0.1, 0.15) is 23.4 Å². The monoisotopic (exact) mass is 339 g/mol. The van der Waals surface area contributed by atoms with Gasteiger partial charge in [0.05, 0.1) is 36.4 Å². The van der Waals surface area contributed by atoms with E-state index in [9.17, 15) is 4.79 Å². The van der Waals surface area contributed by atoms with Crippen molar-refractivity contribution in [2.24, 2.45) is 5.92 Å². The molecule has 0 saturated carbocycles. The third kappa shape index (κ3) is 4.29. The number of thiazole rings is 1. The highest BCUT2D eigenvalue weighted by atomic mass is 32.1. The molecule has 3 heterocycles. The van der Waals surface area contributed by atoms with Gasteiger partial charge in [-0.05, 0) is 13.3 Å². The number of likely N-dealkylation sites (tertiary alicyclic amines) is 1. The van der Waals surface area contributed by atoms with E-state index in [-0.39, 0.29) is 18.1 Å². The maximum atomic E-state index is 11.8. The zero-order chi connectivity index (χ0) is 16.2. The fraction of sp³-hybridized carbons (Fsp3) is 0.750. The second-order valence-electron chi connectivity index (χ2n) is 6.39. The van der Waals surface area contributed by atoms with Crippen molar-refractivity contribution in [1.82, 2.24) is 15.2 Å². The summed E-state index contributed by atoms with van der Waals surface area (Å²) in [6, 6.07) is 0. The number of fused-ring (bicyclic) bond motifs is 1. The van der Waals surface area contributed by atoms with Crippen LogP contribution >= 0.6 is 11.3 Å². The molecule has 23 heavy (non-hydrogen) atoms. The van der Waals surface area contributed by atoms with E-state index >= 15 is 0 Å². The number of carbonyl (C=O) groups excluding carboxylic acids is 1. The summed E-state index contributed by atoms with van der Waals surface area (Å²) >= 11 is 1.73. The molecule has 0 radical (unpaired) electrons. The lowest BCUT2D eigenvalue weighted by Crippen LogP contribution is -2.31. The number of methoxy groups -OCH3 is 1. The lowest BCUT2D eigenvalue weighted by atomic mass is 10.0. The molecule has 128 valence electrons. The molecule has 1 aromatic rings. The van der Waals surface area contributed by atoms with E-state index in [1.54, 1.807) is 18.4 Å². The predicted molar refractivity (Wildman–Crippen MR) is 88.4 cm³/mol. The van der Waals surface area contributed by atoms with Crippen LogP contribution in [0.5, 0.6) is 0 Å². The van der Waals surface area contributed by atoms with Gasteiger partial charge in [0.2, 0.25) is 5.91 Å². The van der Waals surface area contributed by atoms with Crippen LogP contribution in [-0.2, 0) is 20.8 Å². The summed E-state index contributed by atoms with van der Waals surface area (Å²) in [6.07, 6.45) is 1.80. The van der Waals surface area contributed by atoms with Crippen molar-refractivity contribution in [2.45, 2.75) is 38.5 Å². The highest BCUT2D eigenvalue weighted by molar-refractivity contribution is 7.09. The summed E-state index contributed by atoms with van der Waals surface area (Å²) in [4.78, 5) is 20.0. The summed E-state index contributed by atoms with van der Waals surface area (Å²) < 4.78 is 11.0. The lowest BCUT2D eigenvalue weighted by Gasteiger charge is -2.18. The quantitative estimate of drug-likeness (QED) is 0.756. The lowest BCUT2D eigenvalue weighted by molar-refractivity contribution is -0.124. The summed E-state index contributed by atoms with van der Waals surface area (Å²) in [6.45, 7) is 6.17. The molecule has 1 amide bonds. The van der Waals surface area contributed by atoms with Crippen LogP contribution in [0.25, 0.3) is 0 Å².